The summed E-state index contributed by atoms with van der Waals surface area (Å²) in [7, 11) is -1.36. The Hall–Kier alpha value is -2.43. The second-order valence-electron chi connectivity index (χ2n) is 5.49. The largest absolute Gasteiger partial charge is 0.369 e. The summed E-state index contributed by atoms with van der Waals surface area (Å²) in [4.78, 5) is 11.0. The van der Waals surface area contributed by atoms with Crippen molar-refractivity contribution in [1.29, 1.82) is 0 Å². The number of nitrogens with two attached hydrogens (primary N) is 1. The van der Waals surface area contributed by atoms with Gasteiger partial charge in [0.1, 0.15) is 5.75 Å². The van der Waals surface area contributed by atoms with Gasteiger partial charge in [-0.2, -0.15) is 0 Å². The molecule has 0 saturated carbocycles. The number of amides is 1. The highest BCUT2D eigenvalue weighted by Gasteiger charge is 2.22. The predicted octanol–water partition coefficient (Wildman–Crippen LogP) is 4.35. The maximum absolute atomic E-state index is 12.4. The van der Waals surface area contributed by atoms with Crippen molar-refractivity contribution in [2.45, 2.75) is 5.25 Å². The maximum Gasteiger partial charge on any atom is 0.230 e. The van der Waals surface area contributed by atoms with Crippen molar-refractivity contribution in [2.75, 3.05) is 5.75 Å². The van der Waals surface area contributed by atoms with E-state index in [4.69, 9.17) is 17.3 Å². The molecule has 3 rings (SSSR count). The van der Waals surface area contributed by atoms with Crippen LogP contribution in [-0.2, 0) is 15.6 Å². The van der Waals surface area contributed by atoms with Gasteiger partial charge in [-0.15, -0.1) is 0 Å². The summed E-state index contributed by atoms with van der Waals surface area (Å²) < 4.78 is 12.4. The van der Waals surface area contributed by atoms with Crippen LogP contribution in [0.25, 0.3) is 0 Å². The van der Waals surface area contributed by atoms with Gasteiger partial charge in [-0.1, -0.05) is 90.5 Å². The zero-order valence-corrected chi connectivity index (χ0v) is 15.7. The lowest BCUT2D eigenvalue weighted by molar-refractivity contribution is -0.115. The number of carbonyl (C=O) groups is 1. The molecule has 0 heterocycles. The SMILES string of the molecule is Clc1ccccc1.NC(=O)CS(=O)C(c1ccccc1)c1ccccc1. The predicted molar refractivity (Wildman–Crippen MR) is 108 cm³/mol. The van der Waals surface area contributed by atoms with Crippen LogP contribution in [0.4, 0.5) is 0 Å². The van der Waals surface area contributed by atoms with Gasteiger partial charge in [-0.25, -0.2) is 0 Å². The molecule has 0 aromatic heterocycles. The minimum Gasteiger partial charge on any atom is -0.369 e. The lowest BCUT2D eigenvalue weighted by Crippen LogP contribution is -2.23. The van der Waals surface area contributed by atoms with Gasteiger partial charge in [0, 0.05) is 15.8 Å². The van der Waals surface area contributed by atoms with Crippen LogP contribution in [-0.4, -0.2) is 15.9 Å². The van der Waals surface area contributed by atoms with Crippen LogP contribution < -0.4 is 5.73 Å². The topological polar surface area (TPSA) is 60.2 Å². The molecule has 0 aliphatic carbocycles. The van der Waals surface area contributed by atoms with E-state index >= 15 is 0 Å². The van der Waals surface area contributed by atoms with Gasteiger partial charge in [0.05, 0.1) is 5.25 Å². The van der Waals surface area contributed by atoms with Gasteiger partial charge in [0.2, 0.25) is 5.91 Å². The molecule has 5 heteroatoms. The fourth-order valence-electron chi connectivity index (χ4n) is 2.39. The zero-order chi connectivity index (χ0) is 18.8. The number of hydrogen-bond donors (Lipinski definition) is 1. The summed E-state index contributed by atoms with van der Waals surface area (Å²) >= 11 is 5.54. The van der Waals surface area contributed by atoms with Crippen LogP contribution in [0.1, 0.15) is 16.4 Å². The Morgan fingerprint density at radius 2 is 1.19 bits per heavy atom. The van der Waals surface area contributed by atoms with Crippen molar-refractivity contribution in [3.8, 4) is 0 Å². The van der Waals surface area contributed by atoms with E-state index in [1.807, 2.05) is 91.0 Å². The number of primary amides is 1. The monoisotopic (exact) mass is 385 g/mol. The van der Waals surface area contributed by atoms with Crippen molar-refractivity contribution in [1.82, 2.24) is 0 Å². The summed E-state index contributed by atoms with van der Waals surface area (Å²) in [5, 5.41) is 0.470. The van der Waals surface area contributed by atoms with Gasteiger partial charge < -0.3 is 5.73 Å². The van der Waals surface area contributed by atoms with E-state index in [-0.39, 0.29) is 11.0 Å². The second kappa shape index (κ2) is 10.5. The lowest BCUT2D eigenvalue weighted by atomic mass is 10.0. The highest BCUT2D eigenvalue weighted by molar-refractivity contribution is 7.86. The van der Waals surface area contributed by atoms with Gasteiger partial charge >= 0.3 is 0 Å². The molecule has 0 aliphatic rings. The minimum absolute atomic E-state index is 0.131. The van der Waals surface area contributed by atoms with E-state index in [1.165, 1.54) is 0 Å². The smallest absolute Gasteiger partial charge is 0.230 e. The summed E-state index contributed by atoms with van der Waals surface area (Å²) in [5.41, 5.74) is 7.00. The number of rotatable bonds is 5. The third-order valence-electron chi connectivity index (χ3n) is 3.49. The molecule has 26 heavy (non-hydrogen) atoms. The van der Waals surface area contributed by atoms with Crippen molar-refractivity contribution >= 4 is 28.3 Å². The van der Waals surface area contributed by atoms with E-state index in [9.17, 15) is 9.00 Å². The van der Waals surface area contributed by atoms with Crippen molar-refractivity contribution < 1.29 is 9.00 Å². The Bertz CT molecular complexity index is 787. The molecule has 1 unspecified atom stereocenters. The van der Waals surface area contributed by atoms with Gasteiger partial charge in [-0.3, -0.25) is 9.00 Å². The second-order valence-corrected chi connectivity index (χ2v) is 7.45. The zero-order valence-electron chi connectivity index (χ0n) is 14.1. The van der Waals surface area contributed by atoms with Crippen LogP contribution in [0.5, 0.6) is 0 Å². The van der Waals surface area contributed by atoms with E-state index < -0.39 is 16.7 Å². The van der Waals surface area contributed by atoms with Crippen LogP contribution in [0.2, 0.25) is 5.02 Å². The number of halogens is 1. The molecular weight excluding hydrogens is 366 g/mol. The Morgan fingerprint density at radius 1 is 0.808 bits per heavy atom. The molecule has 0 bridgehead atoms. The first-order valence-corrected chi connectivity index (χ1v) is 9.80. The third-order valence-corrected chi connectivity index (χ3v) is 5.38. The Kier molecular flexibility index (Phi) is 8.06. The molecule has 2 N–H and O–H groups in total. The lowest BCUT2D eigenvalue weighted by Gasteiger charge is -2.16. The Balaban J connectivity index is 0.000000290. The summed E-state index contributed by atoms with van der Waals surface area (Å²) in [5.74, 6) is -0.677. The Labute approximate surface area is 161 Å². The van der Waals surface area contributed by atoms with E-state index in [0.717, 1.165) is 16.1 Å². The van der Waals surface area contributed by atoms with Gasteiger partial charge in [0.15, 0.2) is 0 Å². The van der Waals surface area contributed by atoms with E-state index in [1.54, 1.807) is 0 Å². The number of hydrogen-bond acceptors (Lipinski definition) is 2. The summed E-state index contributed by atoms with van der Waals surface area (Å²) in [6.07, 6.45) is 0. The molecule has 1 amide bonds. The first kappa shape index (κ1) is 19.9. The molecule has 0 saturated heterocycles. The van der Waals surface area contributed by atoms with Crippen LogP contribution in [0.3, 0.4) is 0 Å². The fourth-order valence-corrected chi connectivity index (χ4v) is 3.90. The summed E-state index contributed by atoms with van der Waals surface area (Å²) in [6, 6.07) is 28.5. The highest BCUT2D eigenvalue weighted by Crippen LogP contribution is 2.28. The molecule has 1 atom stereocenters. The third kappa shape index (κ3) is 6.47. The van der Waals surface area contributed by atoms with E-state index in [0.29, 0.717) is 0 Å². The van der Waals surface area contributed by atoms with Crippen molar-refractivity contribution in [3.05, 3.63) is 107 Å². The van der Waals surface area contributed by atoms with Gasteiger partial charge in [0.25, 0.3) is 0 Å². The summed E-state index contributed by atoms with van der Waals surface area (Å²) in [6.45, 7) is 0. The number of benzene rings is 3. The standard InChI is InChI=1S/C15H15NO2S.C6H5Cl/c16-14(17)11-19(18)15(12-7-3-1-4-8-12)13-9-5-2-6-10-13;7-6-4-2-1-3-5-6/h1-10,15H,11H2,(H2,16,17);1-5H. The molecule has 3 nitrogen and oxygen atoms in total. The number of carbonyl (C=O) groups excluding carboxylic acids is 1. The average Bonchev–Trinajstić information content (AvgIpc) is 2.64. The molecule has 0 spiro atoms. The van der Waals surface area contributed by atoms with Crippen molar-refractivity contribution in [3.63, 3.8) is 0 Å². The molecule has 0 radical (unpaired) electrons. The first-order valence-electron chi connectivity index (χ1n) is 8.04. The molecule has 0 aliphatic heterocycles. The average molecular weight is 386 g/mol. The van der Waals surface area contributed by atoms with Crippen LogP contribution >= 0.6 is 11.6 Å². The molecular formula is C21H20ClNO2S. The fraction of sp³-hybridized carbons (Fsp3) is 0.0952. The van der Waals surface area contributed by atoms with Gasteiger partial charge in [-0.05, 0) is 23.3 Å². The molecule has 3 aromatic rings. The highest BCUT2D eigenvalue weighted by atomic mass is 35.5. The Morgan fingerprint density at radius 3 is 1.50 bits per heavy atom. The first-order chi connectivity index (χ1) is 12.6. The quantitative estimate of drug-likeness (QED) is 0.709. The van der Waals surface area contributed by atoms with Crippen LogP contribution in [0.15, 0.2) is 91.0 Å². The normalized spacial score (nSPS) is 11.3. The maximum atomic E-state index is 12.4. The minimum atomic E-state index is -1.36. The van der Waals surface area contributed by atoms with Crippen molar-refractivity contribution in [2.24, 2.45) is 5.73 Å². The molecule has 0 fully saturated rings. The molecule has 3 aromatic carbocycles. The van der Waals surface area contributed by atoms with E-state index in [2.05, 4.69) is 0 Å². The molecule has 134 valence electrons. The van der Waals surface area contributed by atoms with Crippen LogP contribution in [0, 0.1) is 0 Å².